The van der Waals surface area contributed by atoms with E-state index in [1.807, 2.05) is 13.0 Å². The smallest absolute Gasteiger partial charge is 0.167 e. The molecule has 3 nitrogen and oxygen atoms in total. The number of hydrogen-bond acceptors (Lipinski definition) is 4. The minimum absolute atomic E-state index is 0.0201. The molecule has 0 radical (unpaired) electrons. The molecular formula is C25H28O3S2. The highest BCUT2D eigenvalue weighted by Gasteiger charge is 2.28. The lowest BCUT2D eigenvalue weighted by Crippen LogP contribution is -2.29. The van der Waals surface area contributed by atoms with Crippen molar-refractivity contribution in [3.8, 4) is 10.4 Å². The summed E-state index contributed by atoms with van der Waals surface area (Å²) in [5.74, 6) is 0.0105. The summed E-state index contributed by atoms with van der Waals surface area (Å²) in [6.45, 7) is 9.23. The molecule has 0 atom stereocenters. The molecule has 0 aliphatic rings. The molecule has 0 fully saturated rings. The van der Waals surface area contributed by atoms with E-state index in [1.54, 1.807) is 56.4 Å². The minimum atomic E-state index is -3.25. The van der Waals surface area contributed by atoms with Crippen molar-refractivity contribution in [1.29, 1.82) is 0 Å². The first-order valence-electron chi connectivity index (χ1n) is 9.96. The Morgan fingerprint density at radius 1 is 0.967 bits per heavy atom. The lowest BCUT2D eigenvalue weighted by atomic mass is 9.97. The van der Waals surface area contributed by atoms with Gasteiger partial charge in [0.05, 0.1) is 10.5 Å². The molecule has 0 spiro atoms. The number of carbonyl (C=O) groups excluding carboxylic acids is 1. The molecule has 0 N–H and O–H groups in total. The Labute approximate surface area is 183 Å². The second kappa shape index (κ2) is 8.48. The topological polar surface area (TPSA) is 51.2 Å². The average Bonchev–Trinajstić information content (AvgIpc) is 3.09. The zero-order chi connectivity index (χ0) is 22.1. The predicted octanol–water partition coefficient (Wildman–Crippen LogP) is 6.17. The number of hydrogen-bond donors (Lipinski definition) is 0. The fourth-order valence-electron chi connectivity index (χ4n) is 3.13. The van der Waals surface area contributed by atoms with Crippen LogP contribution in [0.4, 0.5) is 0 Å². The van der Waals surface area contributed by atoms with Crippen molar-refractivity contribution >= 4 is 27.0 Å². The van der Waals surface area contributed by atoms with Crippen LogP contribution in [-0.2, 0) is 22.0 Å². The Bertz CT molecular complexity index is 1160. The van der Waals surface area contributed by atoms with Crippen LogP contribution in [0.5, 0.6) is 0 Å². The van der Waals surface area contributed by atoms with E-state index in [-0.39, 0.29) is 11.5 Å². The Morgan fingerprint density at radius 2 is 1.63 bits per heavy atom. The quantitative estimate of drug-likeness (QED) is 0.431. The van der Waals surface area contributed by atoms with Gasteiger partial charge in [0.25, 0.3) is 0 Å². The summed E-state index contributed by atoms with van der Waals surface area (Å²) >= 11 is 1.72. The van der Waals surface area contributed by atoms with Crippen molar-refractivity contribution < 1.29 is 13.2 Å². The lowest BCUT2D eigenvalue weighted by Gasteiger charge is -2.19. The number of Topliss-reactive ketones (excluding diaryl/α,β-unsaturated/α-hetero) is 1. The maximum Gasteiger partial charge on any atom is 0.167 e. The molecule has 0 amide bonds. The normalized spacial score (nSPS) is 12.2. The summed E-state index contributed by atoms with van der Waals surface area (Å²) < 4.78 is 24.0. The third-order valence-corrected chi connectivity index (χ3v) is 8.95. The standard InChI is InChI=1S/C25H28O3S2/c1-17-12-24(29-15-17)22-11-10-21(18(2)13-22)14-23(26)20-8-6-19(7-9-20)16-30(27,28)25(3,4)5/h6-13,15H,14,16H2,1-5H3. The Hall–Kier alpha value is -2.24. The van der Waals surface area contributed by atoms with E-state index in [9.17, 15) is 13.2 Å². The zero-order valence-corrected chi connectivity index (χ0v) is 19.8. The van der Waals surface area contributed by atoms with Gasteiger partial charge >= 0.3 is 0 Å². The molecule has 1 heterocycles. The van der Waals surface area contributed by atoms with Crippen molar-refractivity contribution in [2.45, 2.75) is 51.5 Å². The maximum absolute atomic E-state index is 12.8. The molecule has 0 unspecified atom stereocenters. The Kier molecular flexibility index (Phi) is 6.34. The second-order valence-corrected chi connectivity index (χ2v) is 12.5. The number of ketones is 1. The zero-order valence-electron chi connectivity index (χ0n) is 18.2. The summed E-state index contributed by atoms with van der Waals surface area (Å²) in [6.07, 6.45) is 0.329. The fraction of sp³-hybridized carbons (Fsp3) is 0.320. The molecule has 1 aromatic heterocycles. The molecule has 0 aliphatic heterocycles. The summed E-state index contributed by atoms with van der Waals surface area (Å²) in [4.78, 5) is 14.0. The SMILES string of the molecule is Cc1csc(-c2ccc(CC(=O)c3ccc(CS(=O)(=O)C(C)(C)C)cc3)c(C)c2)c1. The number of carbonyl (C=O) groups is 1. The van der Waals surface area contributed by atoms with Crippen LogP contribution in [0.2, 0.25) is 0 Å². The summed E-state index contributed by atoms with van der Waals surface area (Å²) in [6, 6.07) is 15.3. The van der Waals surface area contributed by atoms with Gasteiger partial charge in [0.15, 0.2) is 15.6 Å². The number of benzene rings is 2. The highest BCUT2D eigenvalue weighted by molar-refractivity contribution is 7.91. The minimum Gasteiger partial charge on any atom is -0.294 e. The fourth-order valence-corrected chi connectivity index (χ4v) is 5.09. The maximum atomic E-state index is 12.8. The van der Waals surface area contributed by atoms with Crippen molar-refractivity contribution in [3.05, 3.63) is 81.7 Å². The molecule has 0 saturated heterocycles. The third-order valence-electron chi connectivity index (χ3n) is 5.27. The number of thiophene rings is 1. The Balaban J connectivity index is 1.72. The van der Waals surface area contributed by atoms with Crippen LogP contribution < -0.4 is 0 Å². The van der Waals surface area contributed by atoms with Crippen molar-refractivity contribution in [2.75, 3.05) is 0 Å². The largest absolute Gasteiger partial charge is 0.294 e. The molecular weight excluding hydrogens is 412 g/mol. The van der Waals surface area contributed by atoms with E-state index >= 15 is 0 Å². The van der Waals surface area contributed by atoms with Gasteiger partial charge in [-0.2, -0.15) is 0 Å². The summed E-state index contributed by atoms with van der Waals surface area (Å²) in [7, 11) is -3.25. The van der Waals surface area contributed by atoms with Gasteiger partial charge < -0.3 is 0 Å². The van der Waals surface area contributed by atoms with Gasteiger partial charge in [-0.15, -0.1) is 11.3 Å². The van der Waals surface area contributed by atoms with E-state index in [0.29, 0.717) is 17.5 Å². The molecule has 3 rings (SSSR count). The lowest BCUT2D eigenvalue weighted by molar-refractivity contribution is 0.0992. The van der Waals surface area contributed by atoms with E-state index in [4.69, 9.17) is 0 Å². The Morgan fingerprint density at radius 3 is 2.17 bits per heavy atom. The van der Waals surface area contributed by atoms with Gasteiger partial charge in [0.1, 0.15) is 0 Å². The van der Waals surface area contributed by atoms with Gasteiger partial charge in [0, 0.05) is 16.9 Å². The van der Waals surface area contributed by atoms with Crippen molar-refractivity contribution in [2.24, 2.45) is 0 Å². The van der Waals surface area contributed by atoms with E-state index < -0.39 is 14.6 Å². The van der Waals surface area contributed by atoms with Gasteiger partial charge in [-0.3, -0.25) is 4.79 Å². The van der Waals surface area contributed by atoms with Crippen LogP contribution in [0.1, 0.15) is 53.4 Å². The van der Waals surface area contributed by atoms with Gasteiger partial charge in [-0.1, -0.05) is 42.5 Å². The predicted molar refractivity (Wildman–Crippen MR) is 126 cm³/mol. The summed E-state index contributed by atoms with van der Waals surface area (Å²) in [5, 5.41) is 2.14. The van der Waals surface area contributed by atoms with Crippen molar-refractivity contribution in [1.82, 2.24) is 0 Å². The van der Waals surface area contributed by atoms with Gasteiger partial charge in [-0.05, 0) is 73.9 Å². The van der Waals surface area contributed by atoms with Crippen LogP contribution in [0.15, 0.2) is 53.9 Å². The van der Waals surface area contributed by atoms with Crippen LogP contribution in [-0.4, -0.2) is 18.9 Å². The van der Waals surface area contributed by atoms with Crippen molar-refractivity contribution in [3.63, 3.8) is 0 Å². The number of rotatable bonds is 6. The molecule has 0 bridgehead atoms. The number of sulfone groups is 1. The monoisotopic (exact) mass is 440 g/mol. The highest BCUT2D eigenvalue weighted by Crippen LogP contribution is 2.29. The highest BCUT2D eigenvalue weighted by atomic mass is 32.2. The van der Waals surface area contributed by atoms with E-state index in [1.165, 1.54) is 16.0 Å². The van der Waals surface area contributed by atoms with Gasteiger partial charge in [0.2, 0.25) is 0 Å². The molecule has 2 aromatic carbocycles. The molecule has 0 saturated carbocycles. The average molecular weight is 441 g/mol. The molecule has 158 valence electrons. The molecule has 0 aliphatic carbocycles. The van der Waals surface area contributed by atoms with Gasteiger partial charge in [-0.25, -0.2) is 8.42 Å². The second-order valence-electron chi connectivity index (χ2n) is 8.80. The van der Waals surface area contributed by atoms with Crippen LogP contribution >= 0.6 is 11.3 Å². The third kappa shape index (κ3) is 5.08. The summed E-state index contributed by atoms with van der Waals surface area (Å²) in [5.41, 5.74) is 5.84. The van der Waals surface area contributed by atoms with E-state index in [2.05, 4.69) is 30.5 Å². The first kappa shape index (κ1) is 22.4. The molecule has 3 aromatic rings. The first-order chi connectivity index (χ1) is 14.0. The van der Waals surface area contributed by atoms with E-state index in [0.717, 1.165) is 11.1 Å². The van der Waals surface area contributed by atoms with Crippen LogP contribution in [0.25, 0.3) is 10.4 Å². The number of aryl methyl sites for hydroxylation is 2. The molecule has 5 heteroatoms. The van der Waals surface area contributed by atoms with Crippen LogP contribution in [0.3, 0.4) is 0 Å². The first-order valence-corrected chi connectivity index (χ1v) is 12.5. The molecule has 30 heavy (non-hydrogen) atoms. The van der Waals surface area contributed by atoms with Crippen LogP contribution in [0, 0.1) is 13.8 Å².